The summed E-state index contributed by atoms with van der Waals surface area (Å²) in [5.74, 6) is -3.23. The van der Waals surface area contributed by atoms with Gasteiger partial charge in [-0.25, -0.2) is 4.79 Å². The molecule has 5 saturated carbocycles. The molecule has 266 valence electrons. The van der Waals surface area contributed by atoms with Crippen molar-refractivity contribution < 1.29 is 58.1 Å². The number of nitrogens with zero attached hydrogens (tertiary/aromatic N) is 1. The third-order valence-corrected chi connectivity index (χ3v) is 13.5. The maximum atomic E-state index is 13.9. The van der Waals surface area contributed by atoms with Crippen LogP contribution < -0.4 is 4.74 Å². The van der Waals surface area contributed by atoms with Crippen molar-refractivity contribution in [2.45, 2.75) is 80.6 Å². The minimum Gasteiger partial charge on any atom is -0.497 e. The molecule has 7 bridgehead atoms. The fourth-order valence-electron chi connectivity index (χ4n) is 12.5. The lowest BCUT2D eigenvalue weighted by molar-refractivity contribution is -0.322. The van der Waals surface area contributed by atoms with E-state index in [1.807, 2.05) is 6.92 Å². The van der Waals surface area contributed by atoms with Gasteiger partial charge in [0.1, 0.15) is 29.7 Å². The number of hydrogen-bond acceptors (Lipinski definition) is 13. The maximum absolute atomic E-state index is 13.9. The van der Waals surface area contributed by atoms with E-state index in [1.54, 1.807) is 45.6 Å². The van der Waals surface area contributed by atoms with E-state index < -0.39 is 94.3 Å². The molecule has 0 radical (unpaired) electrons. The zero-order valence-corrected chi connectivity index (χ0v) is 28.7. The van der Waals surface area contributed by atoms with Crippen molar-refractivity contribution in [3.05, 3.63) is 29.8 Å². The molecule has 1 aromatic carbocycles. The van der Waals surface area contributed by atoms with Crippen LogP contribution in [0.4, 0.5) is 0 Å². The summed E-state index contributed by atoms with van der Waals surface area (Å²) in [6.45, 7) is 4.64. The first-order valence-corrected chi connectivity index (χ1v) is 16.9. The Kier molecular flexibility index (Phi) is 8.24. The minimum absolute atomic E-state index is 0.0591. The minimum atomic E-state index is -1.86. The molecule has 6 aliphatic rings. The summed E-state index contributed by atoms with van der Waals surface area (Å²) in [5.41, 5.74) is -4.94. The van der Waals surface area contributed by atoms with Crippen LogP contribution in [-0.4, -0.2) is 141 Å². The quantitative estimate of drug-likeness (QED) is 0.297. The first kappa shape index (κ1) is 34.1. The van der Waals surface area contributed by atoms with Crippen molar-refractivity contribution in [1.29, 1.82) is 0 Å². The van der Waals surface area contributed by atoms with Gasteiger partial charge in [-0.2, -0.15) is 0 Å². The number of esters is 2. The van der Waals surface area contributed by atoms with Crippen molar-refractivity contribution in [2.24, 2.45) is 34.5 Å². The Labute approximate surface area is 280 Å². The van der Waals surface area contributed by atoms with Crippen molar-refractivity contribution in [2.75, 3.05) is 55.2 Å². The van der Waals surface area contributed by atoms with Gasteiger partial charge in [0.15, 0.2) is 5.60 Å². The summed E-state index contributed by atoms with van der Waals surface area (Å²) in [5, 5.41) is 37.4. The molecule has 3 N–H and O–H groups in total. The van der Waals surface area contributed by atoms with Gasteiger partial charge in [-0.15, -0.1) is 0 Å². The molecule has 48 heavy (non-hydrogen) atoms. The number of likely N-dealkylation sites (tertiary alicyclic amines) is 1. The third-order valence-electron chi connectivity index (χ3n) is 13.5. The van der Waals surface area contributed by atoms with Crippen LogP contribution >= 0.6 is 0 Å². The predicted molar refractivity (Wildman–Crippen MR) is 167 cm³/mol. The Hall–Kier alpha value is -2.36. The van der Waals surface area contributed by atoms with Crippen LogP contribution in [0.1, 0.15) is 37.0 Å². The molecule has 13 heteroatoms. The van der Waals surface area contributed by atoms with Gasteiger partial charge < -0.3 is 48.5 Å². The lowest BCUT2D eigenvalue weighted by atomic mass is 9.42. The summed E-state index contributed by atoms with van der Waals surface area (Å²) >= 11 is 0. The molecule has 13 nitrogen and oxygen atoms in total. The number of carbonyl (C=O) groups excluding carboxylic acids is 2. The van der Waals surface area contributed by atoms with Gasteiger partial charge in [0.05, 0.1) is 37.6 Å². The number of benzene rings is 1. The molecule has 1 spiro atoms. The first-order valence-electron chi connectivity index (χ1n) is 16.9. The Morgan fingerprint density at radius 1 is 0.979 bits per heavy atom. The van der Waals surface area contributed by atoms with E-state index in [0.29, 0.717) is 25.3 Å². The molecule has 7 rings (SSSR count). The fourth-order valence-corrected chi connectivity index (χ4v) is 12.5. The van der Waals surface area contributed by atoms with Crippen LogP contribution in [0.2, 0.25) is 0 Å². The van der Waals surface area contributed by atoms with Crippen LogP contribution in [0.3, 0.4) is 0 Å². The molecule has 15 atom stereocenters. The second kappa shape index (κ2) is 11.6. The second-order valence-corrected chi connectivity index (χ2v) is 14.8. The zero-order chi connectivity index (χ0) is 34.6. The molecule has 1 saturated heterocycles. The molecule has 6 fully saturated rings. The van der Waals surface area contributed by atoms with E-state index in [1.165, 1.54) is 21.1 Å². The molecule has 5 aliphatic carbocycles. The summed E-state index contributed by atoms with van der Waals surface area (Å²) < 4.78 is 42.7. The molecular weight excluding hydrogens is 626 g/mol. The van der Waals surface area contributed by atoms with Crippen LogP contribution in [0.15, 0.2) is 24.3 Å². The average Bonchev–Trinajstić information content (AvgIpc) is 3.44. The molecular formula is C35H49NO12. The van der Waals surface area contributed by atoms with Gasteiger partial charge in [0, 0.05) is 83.0 Å². The molecule has 1 aromatic rings. The predicted octanol–water partition coefficient (Wildman–Crippen LogP) is 0.657. The van der Waals surface area contributed by atoms with Crippen molar-refractivity contribution in [3.63, 3.8) is 0 Å². The van der Waals surface area contributed by atoms with Crippen LogP contribution in [0.5, 0.6) is 5.75 Å². The number of rotatable bonds is 10. The Morgan fingerprint density at radius 2 is 1.69 bits per heavy atom. The van der Waals surface area contributed by atoms with Gasteiger partial charge in [-0.1, -0.05) is 6.92 Å². The van der Waals surface area contributed by atoms with Crippen molar-refractivity contribution in [1.82, 2.24) is 4.90 Å². The average molecular weight is 676 g/mol. The van der Waals surface area contributed by atoms with E-state index in [-0.39, 0.29) is 24.6 Å². The highest BCUT2D eigenvalue weighted by molar-refractivity contribution is 5.89. The zero-order valence-electron chi connectivity index (χ0n) is 28.7. The van der Waals surface area contributed by atoms with Gasteiger partial charge in [-0.3, -0.25) is 9.69 Å². The number of piperidine rings is 1. The summed E-state index contributed by atoms with van der Waals surface area (Å²) in [4.78, 5) is 29.5. The van der Waals surface area contributed by atoms with Crippen molar-refractivity contribution >= 4 is 11.9 Å². The fraction of sp³-hybridized carbons (Fsp3) is 0.771. The Morgan fingerprint density at radius 3 is 2.25 bits per heavy atom. The lowest BCUT2D eigenvalue weighted by Gasteiger charge is -2.70. The summed E-state index contributed by atoms with van der Waals surface area (Å²) in [6, 6.07) is 6.10. The molecule has 1 aliphatic heterocycles. The number of methoxy groups -OCH3 is 5. The van der Waals surface area contributed by atoms with E-state index in [4.69, 9.17) is 33.2 Å². The number of carbonyl (C=O) groups is 2. The van der Waals surface area contributed by atoms with Gasteiger partial charge >= 0.3 is 11.9 Å². The number of aliphatic hydroxyl groups is 3. The largest absolute Gasteiger partial charge is 0.497 e. The molecule has 1 unspecified atom stereocenters. The van der Waals surface area contributed by atoms with E-state index >= 15 is 0 Å². The SMILES string of the molecule is CCN1C[C@@]2(COC)[C@@H](O)C[C@@H](OC)[C@@]34C1[C@@H]([C@@H](OC)[C@@H]23)[C@@]1(OC(C)=O)[C@@H]2[C@H](OC(=O)c3ccc(OC)cc3)[C@@](O)(C[C@@H]24)[C@@H](OC)[C@H]1O. The van der Waals surface area contributed by atoms with Crippen LogP contribution in [-0.2, 0) is 33.2 Å². The number of ether oxygens (including phenoxy) is 7. The maximum Gasteiger partial charge on any atom is 0.338 e. The monoisotopic (exact) mass is 675 g/mol. The topological polar surface area (TPSA) is 163 Å². The summed E-state index contributed by atoms with van der Waals surface area (Å²) in [6.07, 6.45) is -5.64. The van der Waals surface area contributed by atoms with Crippen LogP contribution in [0.25, 0.3) is 0 Å². The highest BCUT2D eigenvalue weighted by Gasteiger charge is 2.92. The van der Waals surface area contributed by atoms with E-state index in [0.717, 1.165) is 0 Å². The highest BCUT2D eigenvalue weighted by atomic mass is 16.6. The van der Waals surface area contributed by atoms with Crippen LogP contribution in [0, 0.1) is 34.5 Å². The highest BCUT2D eigenvalue weighted by Crippen LogP contribution is 2.80. The van der Waals surface area contributed by atoms with Gasteiger partial charge in [-0.05, 0) is 43.1 Å². The van der Waals surface area contributed by atoms with Gasteiger partial charge in [0.2, 0.25) is 0 Å². The standard InChI is InChI=1S/C35H49NO12/c1-8-36-15-32(16-42-3)21(38)13-22(44-5)34-20-14-33(41)29(47-31(40)18-9-11-19(43-4)12-10-18)23(20)35(48-17(2)37,28(39)30(33)46-7)24(27(34)36)25(45-6)26(32)34/h9-12,20-30,38-39,41H,8,13-16H2,1-7H3/t20-,21-,22+,23-,24+,25+,26-,27?,28+,29-,30-,32+,33-,34+,35-/m0/s1. The normalized spacial score (nSPS) is 48.2. The molecule has 1 heterocycles. The van der Waals surface area contributed by atoms with E-state index in [9.17, 15) is 24.9 Å². The Bertz CT molecular complexity index is 1430. The number of aliphatic hydroxyl groups excluding tert-OH is 2. The second-order valence-electron chi connectivity index (χ2n) is 14.8. The van der Waals surface area contributed by atoms with Gasteiger partial charge in [0.25, 0.3) is 0 Å². The smallest absolute Gasteiger partial charge is 0.338 e. The molecule has 0 amide bonds. The summed E-state index contributed by atoms with van der Waals surface area (Å²) in [7, 11) is 7.77. The van der Waals surface area contributed by atoms with E-state index in [2.05, 4.69) is 4.90 Å². The van der Waals surface area contributed by atoms with Crippen molar-refractivity contribution in [3.8, 4) is 5.75 Å². The number of hydrogen-bond donors (Lipinski definition) is 3. The lowest BCUT2D eigenvalue weighted by Crippen LogP contribution is -2.81. The first-order chi connectivity index (χ1) is 22.9. The number of fused-ring (bicyclic) bond motifs is 2. The third kappa shape index (κ3) is 3.90. The Balaban J connectivity index is 1.50. The molecule has 0 aromatic heterocycles.